The van der Waals surface area contributed by atoms with Crippen molar-refractivity contribution in [1.82, 2.24) is 9.78 Å². The van der Waals surface area contributed by atoms with Gasteiger partial charge in [0.05, 0.1) is 23.4 Å². The maximum Gasteiger partial charge on any atom is 0.269 e. The highest BCUT2D eigenvalue weighted by Crippen LogP contribution is 2.18. The zero-order valence-corrected chi connectivity index (χ0v) is 12.5. The summed E-state index contributed by atoms with van der Waals surface area (Å²) in [5, 5.41) is 17.5. The van der Waals surface area contributed by atoms with Crippen molar-refractivity contribution in [2.45, 2.75) is 13.0 Å². The molecule has 0 fully saturated rings. The molecule has 8 heteroatoms. The summed E-state index contributed by atoms with van der Waals surface area (Å²) in [6, 6.07) is 7.48. The number of nitrogens with one attached hydrogen (secondary N) is 1. The van der Waals surface area contributed by atoms with E-state index in [1.54, 1.807) is 31.2 Å². The lowest BCUT2D eigenvalue weighted by Gasteiger charge is -2.13. The highest BCUT2D eigenvalue weighted by atomic mass is 16.6. The summed E-state index contributed by atoms with van der Waals surface area (Å²) in [5.74, 6) is 0.119. The molecule has 0 aliphatic rings. The Morgan fingerprint density at radius 3 is 2.78 bits per heavy atom. The number of aromatic nitrogens is 2. The number of nitrogens with zero attached hydrogens (tertiary/aromatic N) is 3. The van der Waals surface area contributed by atoms with Crippen molar-refractivity contribution in [3.63, 3.8) is 0 Å². The lowest BCUT2D eigenvalue weighted by atomic mass is 10.3. The van der Waals surface area contributed by atoms with Gasteiger partial charge in [0.15, 0.2) is 0 Å². The number of hydrogen-bond donors (Lipinski definition) is 1. The summed E-state index contributed by atoms with van der Waals surface area (Å²) in [5.41, 5.74) is 0.577. The zero-order valence-electron chi connectivity index (χ0n) is 12.5. The third-order valence-corrected chi connectivity index (χ3v) is 3.03. The molecule has 2 aromatic rings. The molecule has 1 aromatic heterocycles. The number of carbonyl (C=O) groups is 1. The van der Waals surface area contributed by atoms with Crippen LogP contribution in [0.4, 0.5) is 11.5 Å². The minimum absolute atomic E-state index is 0.0158. The van der Waals surface area contributed by atoms with Gasteiger partial charge >= 0.3 is 0 Å². The summed E-state index contributed by atoms with van der Waals surface area (Å²) >= 11 is 0. The minimum atomic E-state index is -0.645. The molecular formula is C15H16N4O4. The fourth-order valence-electron chi connectivity index (χ4n) is 1.84. The van der Waals surface area contributed by atoms with E-state index in [0.29, 0.717) is 11.5 Å². The van der Waals surface area contributed by atoms with E-state index < -0.39 is 11.0 Å². The molecule has 120 valence electrons. The van der Waals surface area contributed by atoms with Gasteiger partial charge in [0, 0.05) is 18.2 Å². The number of anilines is 1. The quantitative estimate of drug-likeness (QED) is 0.480. The number of non-ortho nitro benzene ring substituents is 1. The highest BCUT2D eigenvalue weighted by Gasteiger charge is 2.16. The predicted molar refractivity (Wildman–Crippen MR) is 84.5 cm³/mol. The fourth-order valence-corrected chi connectivity index (χ4v) is 1.84. The van der Waals surface area contributed by atoms with Gasteiger partial charge in [-0.2, -0.15) is 5.10 Å². The number of rotatable bonds is 7. The van der Waals surface area contributed by atoms with Crippen molar-refractivity contribution < 1.29 is 14.5 Å². The van der Waals surface area contributed by atoms with Crippen molar-refractivity contribution in [3.05, 3.63) is 59.3 Å². The highest BCUT2D eigenvalue weighted by molar-refractivity contribution is 5.93. The Kier molecular flexibility index (Phi) is 5.21. The van der Waals surface area contributed by atoms with E-state index in [4.69, 9.17) is 4.74 Å². The molecule has 1 N–H and O–H groups in total. The summed E-state index contributed by atoms with van der Waals surface area (Å²) in [7, 11) is 0. The Hall–Kier alpha value is -3.00. The van der Waals surface area contributed by atoms with Gasteiger partial charge in [0.25, 0.3) is 11.6 Å². The van der Waals surface area contributed by atoms with Crippen molar-refractivity contribution in [2.75, 3.05) is 11.9 Å². The molecular weight excluding hydrogens is 300 g/mol. The van der Waals surface area contributed by atoms with E-state index in [9.17, 15) is 14.9 Å². The molecule has 1 aromatic carbocycles. The molecule has 0 spiro atoms. The topological polar surface area (TPSA) is 99.3 Å². The van der Waals surface area contributed by atoms with E-state index >= 15 is 0 Å². The first kappa shape index (κ1) is 16.4. The van der Waals surface area contributed by atoms with E-state index in [1.807, 2.05) is 0 Å². The van der Waals surface area contributed by atoms with E-state index in [0.717, 1.165) is 0 Å². The lowest BCUT2D eigenvalue weighted by Crippen LogP contribution is -2.28. The van der Waals surface area contributed by atoms with Crippen molar-refractivity contribution in [1.29, 1.82) is 0 Å². The standard InChI is InChI=1S/C15H16N4O4/c1-3-10-23-11(2)15(20)17-14-8-9-16-18(14)12-4-6-13(7-5-12)19(21)22/h3-9,11H,1,10H2,2H3,(H,17,20). The van der Waals surface area contributed by atoms with Crippen LogP contribution in [0.2, 0.25) is 0 Å². The number of benzene rings is 1. The van der Waals surface area contributed by atoms with Gasteiger partial charge in [0.2, 0.25) is 0 Å². The molecule has 0 aliphatic heterocycles. The summed E-state index contributed by atoms with van der Waals surface area (Å²) in [6.45, 7) is 5.43. The molecule has 1 amide bonds. The molecule has 8 nitrogen and oxygen atoms in total. The summed E-state index contributed by atoms with van der Waals surface area (Å²) in [6.07, 6.45) is 2.44. The number of hydrogen-bond acceptors (Lipinski definition) is 5. The van der Waals surface area contributed by atoms with Gasteiger partial charge in [-0.25, -0.2) is 4.68 Å². The van der Waals surface area contributed by atoms with E-state index in [-0.39, 0.29) is 18.2 Å². The van der Waals surface area contributed by atoms with Crippen LogP contribution in [0.3, 0.4) is 0 Å². The SMILES string of the molecule is C=CCOC(C)C(=O)Nc1ccnn1-c1ccc([N+](=O)[O-])cc1. The summed E-state index contributed by atoms with van der Waals surface area (Å²) < 4.78 is 6.73. The van der Waals surface area contributed by atoms with Gasteiger partial charge in [-0.15, -0.1) is 6.58 Å². The first-order chi connectivity index (χ1) is 11.0. The Morgan fingerprint density at radius 2 is 2.17 bits per heavy atom. The summed E-state index contributed by atoms with van der Waals surface area (Å²) in [4.78, 5) is 22.2. The zero-order chi connectivity index (χ0) is 16.8. The molecule has 0 saturated heterocycles. The molecule has 23 heavy (non-hydrogen) atoms. The van der Waals surface area contributed by atoms with Crippen LogP contribution in [0.1, 0.15) is 6.92 Å². The van der Waals surface area contributed by atoms with Gasteiger partial charge < -0.3 is 10.1 Å². The second-order valence-electron chi connectivity index (χ2n) is 4.66. The van der Waals surface area contributed by atoms with Crippen LogP contribution in [-0.4, -0.2) is 33.3 Å². The Bertz CT molecular complexity index is 709. The number of carbonyl (C=O) groups excluding carboxylic acids is 1. The van der Waals surface area contributed by atoms with Gasteiger partial charge in [-0.05, 0) is 19.1 Å². The van der Waals surface area contributed by atoms with Crippen LogP contribution in [-0.2, 0) is 9.53 Å². The monoisotopic (exact) mass is 316 g/mol. The average molecular weight is 316 g/mol. The second kappa shape index (κ2) is 7.32. The molecule has 1 unspecified atom stereocenters. The van der Waals surface area contributed by atoms with Crippen LogP contribution in [0.15, 0.2) is 49.2 Å². The maximum atomic E-state index is 12.0. The van der Waals surface area contributed by atoms with Crippen LogP contribution < -0.4 is 5.32 Å². The molecule has 0 bridgehead atoms. The molecule has 1 atom stereocenters. The number of nitro benzene ring substituents is 1. The fraction of sp³-hybridized carbons (Fsp3) is 0.200. The first-order valence-electron chi connectivity index (χ1n) is 6.85. The largest absolute Gasteiger partial charge is 0.365 e. The molecule has 0 saturated carbocycles. The average Bonchev–Trinajstić information content (AvgIpc) is 3.00. The number of amides is 1. The molecule has 0 aliphatic carbocycles. The van der Waals surface area contributed by atoms with Crippen molar-refractivity contribution in [3.8, 4) is 5.69 Å². The van der Waals surface area contributed by atoms with Crippen LogP contribution in [0, 0.1) is 10.1 Å². The van der Waals surface area contributed by atoms with Crippen LogP contribution in [0.5, 0.6) is 0 Å². The normalized spacial score (nSPS) is 11.7. The Labute approximate surface area is 132 Å². The number of ether oxygens (including phenoxy) is 1. The van der Waals surface area contributed by atoms with E-state index in [2.05, 4.69) is 17.0 Å². The predicted octanol–water partition coefficient (Wildman–Crippen LogP) is 2.31. The van der Waals surface area contributed by atoms with Crippen LogP contribution in [0.25, 0.3) is 5.69 Å². The lowest BCUT2D eigenvalue weighted by molar-refractivity contribution is -0.384. The van der Waals surface area contributed by atoms with Crippen molar-refractivity contribution in [2.24, 2.45) is 0 Å². The second-order valence-corrected chi connectivity index (χ2v) is 4.66. The molecule has 1 heterocycles. The first-order valence-corrected chi connectivity index (χ1v) is 6.85. The minimum Gasteiger partial charge on any atom is -0.365 e. The third kappa shape index (κ3) is 4.01. The van der Waals surface area contributed by atoms with Crippen LogP contribution >= 0.6 is 0 Å². The van der Waals surface area contributed by atoms with Gasteiger partial charge in [0.1, 0.15) is 11.9 Å². The molecule has 2 rings (SSSR count). The molecule has 0 radical (unpaired) electrons. The van der Waals surface area contributed by atoms with Gasteiger partial charge in [-0.1, -0.05) is 6.08 Å². The maximum absolute atomic E-state index is 12.0. The Morgan fingerprint density at radius 1 is 1.48 bits per heavy atom. The Balaban J connectivity index is 2.14. The van der Waals surface area contributed by atoms with E-state index in [1.165, 1.54) is 23.0 Å². The smallest absolute Gasteiger partial charge is 0.269 e. The number of nitro groups is 1. The third-order valence-electron chi connectivity index (χ3n) is 3.03. The van der Waals surface area contributed by atoms with Crippen molar-refractivity contribution >= 4 is 17.4 Å². The van der Waals surface area contributed by atoms with Gasteiger partial charge in [-0.3, -0.25) is 14.9 Å².